The van der Waals surface area contributed by atoms with E-state index in [9.17, 15) is 4.79 Å². The molecule has 0 N–H and O–H groups in total. The average molecular weight is 200 g/mol. The molecule has 0 unspecified atom stereocenters. The lowest BCUT2D eigenvalue weighted by Crippen LogP contribution is -2.54. The Morgan fingerprint density at radius 2 is 1.67 bits per heavy atom. The zero-order valence-electron chi connectivity index (χ0n) is 9.12. The first-order valence-corrected chi connectivity index (χ1v) is 5.69. The molecule has 2 aliphatic rings. The number of carbonyl (C=O) groups is 1. The highest BCUT2D eigenvalue weighted by Crippen LogP contribution is 2.63. The van der Waals surface area contributed by atoms with E-state index < -0.39 is 0 Å². The van der Waals surface area contributed by atoms with Gasteiger partial charge < -0.3 is 0 Å². The minimum Gasteiger partial charge on any atom is -0.300 e. The Balaban J connectivity index is 1.78. The molecule has 1 heteroatoms. The first kappa shape index (κ1) is 9.14. The van der Waals surface area contributed by atoms with Crippen molar-refractivity contribution in [2.45, 2.75) is 38.0 Å². The summed E-state index contributed by atoms with van der Waals surface area (Å²) in [5, 5.41) is 0. The Morgan fingerprint density at radius 1 is 1.07 bits per heavy atom. The number of rotatable bonds is 1. The fraction of sp³-hybridized carbons (Fsp3) is 0.500. The highest BCUT2D eigenvalue weighted by Gasteiger charge is 2.58. The Labute approximate surface area is 90.5 Å². The second kappa shape index (κ2) is 2.72. The summed E-state index contributed by atoms with van der Waals surface area (Å²) in [4.78, 5) is 11.1. The Bertz CT molecular complexity index is 389. The Kier molecular flexibility index (Phi) is 1.66. The van der Waals surface area contributed by atoms with Crippen molar-refractivity contribution >= 4 is 5.78 Å². The molecule has 0 aliphatic heterocycles. The average Bonchev–Trinajstić information content (AvgIpc) is 2.14. The van der Waals surface area contributed by atoms with E-state index in [0.717, 1.165) is 12.8 Å². The van der Waals surface area contributed by atoms with E-state index in [1.807, 2.05) is 0 Å². The van der Waals surface area contributed by atoms with Crippen molar-refractivity contribution in [3.05, 3.63) is 35.9 Å². The van der Waals surface area contributed by atoms with Crippen LogP contribution in [-0.4, -0.2) is 5.78 Å². The molecule has 0 bridgehead atoms. The van der Waals surface area contributed by atoms with Gasteiger partial charge in [-0.15, -0.1) is 0 Å². The van der Waals surface area contributed by atoms with Gasteiger partial charge in [-0.25, -0.2) is 0 Å². The maximum Gasteiger partial charge on any atom is 0.134 e. The molecule has 2 aliphatic carbocycles. The third-order valence-electron chi connectivity index (χ3n) is 4.15. The van der Waals surface area contributed by atoms with Crippen molar-refractivity contribution in [2.24, 2.45) is 5.41 Å². The molecule has 1 aromatic rings. The minimum atomic E-state index is 0.335. The fourth-order valence-electron chi connectivity index (χ4n) is 3.68. The second-order valence-electron chi connectivity index (χ2n) is 5.67. The summed E-state index contributed by atoms with van der Waals surface area (Å²) >= 11 is 0. The third kappa shape index (κ3) is 1.26. The third-order valence-corrected chi connectivity index (χ3v) is 4.15. The quantitative estimate of drug-likeness (QED) is 0.680. The van der Waals surface area contributed by atoms with Crippen LogP contribution in [0, 0.1) is 5.41 Å². The summed E-state index contributed by atoms with van der Waals surface area (Å²) in [5.41, 5.74) is 2.18. The standard InChI is InChI=1S/C14H16O/c1-13(11-5-3-2-4-6-11)9-14(10-13)7-12(15)8-14/h2-6H,7-10H2,1H3. The molecule has 0 aromatic heterocycles. The van der Waals surface area contributed by atoms with Crippen LogP contribution in [0.25, 0.3) is 0 Å². The van der Waals surface area contributed by atoms with Crippen molar-refractivity contribution in [1.82, 2.24) is 0 Å². The van der Waals surface area contributed by atoms with Crippen LogP contribution in [0.3, 0.4) is 0 Å². The Hall–Kier alpha value is -1.11. The molecule has 0 amide bonds. The van der Waals surface area contributed by atoms with Crippen molar-refractivity contribution < 1.29 is 4.79 Å². The minimum absolute atomic E-state index is 0.335. The molecule has 1 nitrogen and oxygen atoms in total. The van der Waals surface area contributed by atoms with Gasteiger partial charge in [0.25, 0.3) is 0 Å². The van der Waals surface area contributed by atoms with E-state index in [1.165, 1.54) is 18.4 Å². The molecule has 15 heavy (non-hydrogen) atoms. The highest BCUT2D eigenvalue weighted by atomic mass is 16.1. The van der Waals surface area contributed by atoms with Crippen LogP contribution in [0.1, 0.15) is 38.2 Å². The monoisotopic (exact) mass is 200 g/mol. The fourth-order valence-corrected chi connectivity index (χ4v) is 3.68. The SMILES string of the molecule is CC1(c2ccccc2)CC2(CC(=O)C2)C1. The van der Waals surface area contributed by atoms with E-state index in [2.05, 4.69) is 37.3 Å². The number of benzene rings is 1. The van der Waals surface area contributed by atoms with Crippen molar-refractivity contribution in [3.63, 3.8) is 0 Å². The van der Waals surface area contributed by atoms with Crippen molar-refractivity contribution in [3.8, 4) is 0 Å². The zero-order valence-corrected chi connectivity index (χ0v) is 9.12. The van der Waals surface area contributed by atoms with E-state index in [1.54, 1.807) is 0 Å². The van der Waals surface area contributed by atoms with Gasteiger partial charge in [0.2, 0.25) is 0 Å². The molecule has 0 radical (unpaired) electrons. The van der Waals surface area contributed by atoms with Gasteiger partial charge in [0.05, 0.1) is 0 Å². The lowest BCUT2D eigenvalue weighted by Gasteiger charge is -2.59. The van der Waals surface area contributed by atoms with Gasteiger partial charge in [-0.1, -0.05) is 37.3 Å². The van der Waals surface area contributed by atoms with Crippen LogP contribution in [0.5, 0.6) is 0 Å². The predicted octanol–water partition coefficient (Wildman–Crippen LogP) is 3.09. The van der Waals surface area contributed by atoms with Crippen LogP contribution in [0.2, 0.25) is 0 Å². The van der Waals surface area contributed by atoms with Gasteiger partial charge in [0, 0.05) is 12.8 Å². The molecular formula is C14H16O. The maximum atomic E-state index is 11.1. The molecule has 1 aromatic carbocycles. The number of hydrogen-bond donors (Lipinski definition) is 0. The zero-order chi connectivity index (χ0) is 10.5. The number of Topliss-reactive ketones (excluding diaryl/α,β-unsaturated/α-hetero) is 1. The van der Waals surface area contributed by atoms with Crippen LogP contribution in [0.15, 0.2) is 30.3 Å². The van der Waals surface area contributed by atoms with E-state index >= 15 is 0 Å². The first-order valence-electron chi connectivity index (χ1n) is 5.69. The van der Waals surface area contributed by atoms with Crippen LogP contribution in [0.4, 0.5) is 0 Å². The maximum absolute atomic E-state index is 11.1. The molecule has 1 spiro atoms. The number of carbonyl (C=O) groups excluding carboxylic acids is 1. The largest absolute Gasteiger partial charge is 0.300 e. The number of hydrogen-bond acceptors (Lipinski definition) is 1. The summed E-state index contributed by atoms with van der Waals surface area (Å²) in [6.07, 6.45) is 4.09. The van der Waals surface area contributed by atoms with E-state index in [-0.39, 0.29) is 0 Å². The Morgan fingerprint density at radius 3 is 2.20 bits per heavy atom. The van der Waals surface area contributed by atoms with Crippen molar-refractivity contribution in [1.29, 1.82) is 0 Å². The number of ketones is 1. The molecule has 3 rings (SSSR count). The predicted molar refractivity (Wildman–Crippen MR) is 59.7 cm³/mol. The molecule has 0 heterocycles. The van der Waals surface area contributed by atoms with Crippen LogP contribution in [-0.2, 0) is 10.2 Å². The normalized spacial score (nSPS) is 25.8. The highest BCUT2D eigenvalue weighted by molar-refractivity contribution is 5.86. The van der Waals surface area contributed by atoms with Gasteiger partial charge in [-0.3, -0.25) is 4.79 Å². The topological polar surface area (TPSA) is 17.1 Å². The second-order valence-corrected chi connectivity index (χ2v) is 5.67. The first-order chi connectivity index (χ1) is 7.12. The molecule has 0 saturated heterocycles. The summed E-state index contributed by atoms with van der Waals surface area (Å²) in [6.45, 7) is 2.33. The smallest absolute Gasteiger partial charge is 0.134 e. The van der Waals surface area contributed by atoms with Gasteiger partial charge >= 0.3 is 0 Å². The van der Waals surface area contributed by atoms with Crippen molar-refractivity contribution in [2.75, 3.05) is 0 Å². The summed E-state index contributed by atoms with van der Waals surface area (Å²) in [5.74, 6) is 0.463. The summed E-state index contributed by atoms with van der Waals surface area (Å²) in [6, 6.07) is 10.7. The molecule has 78 valence electrons. The van der Waals surface area contributed by atoms with E-state index in [0.29, 0.717) is 16.6 Å². The van der Waals surface area contributed by atoms with Gasteiger partial charge in [0.1, 0.15) is 5.78 Å². The lowest BCUT2D eigenvalue weighted by molar-refractivity contribution is -0.143. The van der Waals surface area contributed by atoms with Crippen LogP contribution >= 0.6 is 0 Å². The van der Waals surface area contributed by atoms with Gasteiger partial charge in [0.15, 0.2) is 0 Å². The summed E-state index contributed by atoms with van der Waals surface area (Å²) in [7, 11) is 0. The lowest BCUT2D eigenvalue weighted by atomic mass is 9.44. The van der Waals surface area contributed by atoms with Gasteiger partial charge in [-0.05, 0) is 29.2 Å². The van der Waals surface area contributed by atoms with Gasteiger partial charge in [-0.2, -0.15) is 0 Å². The molecule has 2 fully saturated rings. The van der Waals surface area contributed by atoms with E-state index in [4.69, 9.17) is 0 Å². The molecule has 0 atom stereocenters. The molecule has 2 saturated carbocycles. The summed E-state index contributed by atoms with van der Waals surface area (Å²) < 4.78 is 0. The molecular weight excluding hydrogens is 184 g/mol. The van der Waals surface area contributed by atoms with Crippen LogP contribution < -0.4 is 0 Å².